The van der Waals surface area contributed by atoms with Crippen molar-refractivity contribution in [2.24, 2.45) is 5.92 Å². The Kier molecular flexibility index (Phi) is 12.8. The summed E-state index contributed by atoms with van der Waals surface area (Å²) in [5, 5.41) is 21.3. The summed E-state index contributed by atoms with van der Waals surface area (Å²) >= 11 is 0. The summed E-state index contributed by atoms with van der Waals surface area (Å²) in [6, 6.07) is 4.15. The molecular weight excluding hydrogens is 366 g/mol. The average Bonchev–Trinajstić information content (AvgIpc) is 2.67. The minimum absolute atomic E-state index is 0.00711. The van der Waals surface area contributed by atoms with Crippen molar-refractivity contribution in [3.8, 4) is 0 Å². The maximum Gasteiger partial charge on any atom is 0.335 e. The number of aromatic carboxylic acids is 2. The molecule has 3 N–H and O–H groups in total. The molecule has 0 heterocycles. The van der Waals surface area contributed by atoms with E-state index < -0.39 is 11.9 Å². The highest BCUT2D eigenvalue weighted by Crippen LogP contribution is 2.17. The lowest BCUT2D eigenvalue weighted by Crippen LogP contribution is -2.07. The molecule has 0 amide bonds. The number of unbranched alkanes of at least 4 members (excludes halogenated alkanes) is 10. The van der Waals surface area contributed by atoms with Crippen LogP contribution in [0.15, 0.2) is 18.2 Å². The average molecular weight is 406 g/mol. The Morgan fingerprint density at radius 2 is 1.14 bits per heavy atom. The first-order valence-electron chi connectivity index (χ1n) is 11.3. The van der Waals surface area contributed by atoms with Crippen LogP contribution >= 0.6 is 0 Å². The highest BCUT2D eigenvalue weighted by atomic mass is 16.4. The van der Waals surface area contributed by atoms with E-state index in [-0.39, 0.29) is 11.1 Å². The van der Waals surface area contributed by atoms with Crippen LogP contribution in [0.3, 0.4) is 0 Å². The Morgan fingerprint density at radius 3 is 1.55 bits per heavy atom. The number of hydrogen-bond donors (Lipinski definition) is 3. The standard InChI is InChI=1S/C24H39NO4/c1-19(2)14-12-10-8-6-4-3-5-7-9-11-13-15-25-22-17-20(23(26)27)16-21(18-22)24(28)29/h16-19,25H,3-15H2,1-2H3,(H,26,27)(H,28,29). The number of carbonyl (C=O) groups is 2. The highest BCUT2D eigenvalue weighted by molar-refractivity contribution is 5.95. The van der Waals surface area contributed by atoms with Gasteiger partial charge < -0.3 is 15.5 Å². The van der Waals surface area contributed by atoms with Gasteiger partial charge in [-0.3, -0.25) is 0 Å². The molecule has 1 aromatic rings. The zero-order valence-electron chi connectivity index (χ0n) is 18.2. The van der Waals surface area contributed by atoms with E-state index in [2.05, 4.69) is 19.2 Å². The van der Waals surface area contributed by atoms with Crippen molar-refractivity contribution < 1.29 is 19.8 Å². The highest BCUT2D eigenvalue weighted by Gasteiger charge is 2.11. The molecule has 0 aliphatic rings. The molecule has 0 saturated carbocycles. The van der Waals surface area contributed by atoms with Crippen molar-refractivity contribution >= 4 is 17.6 Å². The van der Waals surface area contributed by atoms with Crippen LogP contribution < -0.4 is 5.32 Å². The molecule has 5 nitrogen and oxygen atoms in total. The number of benzene rings is 1. The number of hydrogen-bond acceptors (Lipinski definition) is 3. The second kappa shape index (κ2) is 14.9. The molecule has 0 aromatic heterocycles. The first-order valence-corrected chi connectivity index (χ1v) is 11.3. The van der Waals surface area contributed by atoms with E-state index in [9.17, 15) is 9.59 Å². The van der Waals surface area contributed by atoms with Gasteiger partial charge in [-0.1, -0.05) is 84.5 Å². The van der Waals surface area contributed by atoms with Gasteiger partial charge in [-0.25, -0.2) is 9.59 Å². The Balaban J connectivity index is 2.05. The van der Waals surface area contributed by atoms with Crippen molar-refractivity contribution in [2.45, 2.75) is 90.9 Å². The van der Waals surface area contributed by atoms with E-state index in [0.717, 1.165) is 25.3 Å². The van der Waals surface area contributed by atoms with Crippen LogP contribution in [0.25, 0.3) is 0 Å². The van der Waals surface area contributed by atoms with Crippen LogP contribution in [-0.4, -0.2) is 28.7 Å². The number of rotatable bonds is 17. The van der Waals surface area contributed by atoms with Gasteiger partial charge in [0.1, 0.15) is 0 Å². The molecule has 5 heteroatoms. The molecule has 0 saturated heterocycles. The van der Waals surface area contributed by atoms with Crippen LogP contribution in [0.4, 0.5) is 5.69 Å². The molecule has 0 atom stereocenters. The SMILES string of the molecule is CC(C)CCCCCCCCCCCCCNc1cc(C(=O)O)cc(C(=O)O)c1. The van der Waals surface area contributed by atoms with Gasteiger partial charge >= 0.3 is 11.9 Å². The van der Waals surface area contributed by atoms with Crippen molar-refractivity contribution in [1.82, 2.24) is 0 Å². The Labute approximate surface area is 175 Å². The summed E-state index contributed by atoms with van der Waals surface area (Å²) in [6.07, 6.45) is 15.5. The van der Waals surface area contributed by atoms with Gasteiger partial charge in [0, 0.05) is 12.2 Å². The van der Waals surface area contributed by atoms with Gasteiger partial charge in [-0.2, -0.15) is 0 Å². The van der Waals surface area contributed by atoms with Crippen molar-refractivity contribution in [2.75, 3.05) is 11.9 Å². The van der Waals surface area contributed by atoms with E-state index in [1.165, 1.54) is 82.4 Å². The summed E-state index contributed by atoms with van der Waals surface area (Å²) in [7, 11) is 0. The molecule has 0 fully saturated rings. The molecular formula is C24H39NO4. The Morgan fingerprint density at radius 1 is 0.724 bits per heavy atom. The lowest BCUT2D eigenvalue weighted by molar-refractivity contribution is 0.0696. The molecule has 1 aromatic carbocycles. The smallest absolute Gasteiger partial charge is 0.335 e. The van der Waals surface area contributed by atoms with Crippen LogP contribution in [0.5, 0.6) is 0 Å². The minimum Gasteiger partial charge on any atom is -0.478 e. The Bertz CT molecular complexity index is 581. The van der Waals surface area contributed by atoms with E-state index in [1.54, 1.807) is 0 Å². The normalized spacial score (nSPS) is 11.0. The molecule has 0 spiro atoms. The summed E-state index contributed by atoms with van der Waals surface area (Å²) in [6.45, 7) is 5.31. The molecule has 0 aliphatic heterocycles. The zero-order chi connectivity index (χ0) is 21.5. The topological polar surface area (TPSA) is 86.6 Å². The van der Waals surface area contributed by atoms with Gasteiger partial charge in [-0.15, -0.1) is 0 Å². The predicted molar refractivity (Wildman–Crippen MR) is 119 cm³/mol. The zero-order valence-corrected chi connectivity index (χ0v) is 18.2. The lowest BCUT2D eigenvalue weighted by atomic mass is 10.0. The maximum atomic E-state index is 11.1. The molecule has 0 unspecified atom stereocenters. The third-order valence-electron chi connectivity index (χ3n) is 5.21. The summed E-state index contributed by atoms with van der Waals surface area (Å²) in [5.41, 5.74) is 0.537. The molecule has 0 aliphatic carbocycles. The summed E-state index contributed by atoms with van der Waals surface area (Å²) in [4.78, 5) is 22.2. The fourth-order valence-electron chi connectivity index (χ4n) is 3.48. The van der Waals surface area contributed by atoms with E-state index in [4.69, 9.17) is 10.2 Å². The summed E-state index contributed by atoms with van der Waals surface area (Å²) in [5.74, 6) is -1.40. The molecule has 0 bridgehead atoms. The van der Waals surface area contributed by atoms with Crippen molar-refractivity contribution in [1.29, 1.82) is 0 Å². The van der Waals surface area contributed by atoms with Gasteiger partial charge in [0.2, 0.25) is 0 Å². The van der Waals surface area contributed by atoms with Gasteiger partial charge in [-0.05, 0) is 30.5 Å². The fraction of sp³-hybridized carbons (Fsp3) is 0.667. The number of anilines is 1. The van der Waals surface area contributed by atoms with Gasteiger partial charge in [0.15, 0.2) is 0 Å². The Hall–Kier alpha value is -2.04. The number of carboxylic acid groups (broad SMARTS) is 2. The first-order chi connectivity index (χ1) is 13.9. The van der Waals surface area contributed by atoms with Gasteiger partial charge in [0.25, 0.3) is 0 Å². The third kappa shape index (κ3) is 12.2. The van der Waals surface area contributed by atoms with Crippen LogP contribution in [0.2, 0.25) is 0 Å². The van der Waals surface area contributed by atoms with Crippen molar-refractivity contribution in [3.05, 3.63) is 29.3 Å². The van der Waals surface area contributed by atoms with Crippen LogP contribution in [-0.2, 0) is 0 Å². The first kappa shape index (κ1) is 25.0. The molecule has 164 valence electrons. The maximum absolute atomic E-state index is 11.1. The quantitative estimate of drug-likeness (QED) is 0.247. The molecule has 0 radical (unpaired) electrons. The summed E-state index contributed by atoms with van der Waals surface area (Å²) < 4.78 is 0. The number of carboxylic acids is 2. The predicted octanol–water partition coefficient (Wildman–Crippen LogP) is 6.83. The molecule has 29 heavy (non-hydrogen) atoms. The fourth-order valence-corrected chi connectivity index (χ4v) is 3.48. The van der Waals surface area contributed by atoms with Crippen LogP contribution in [0.1, 0.15) is 112 Å². The van der Waals surface area contributed by atoms with Crippen LogP contribution in [0, 0.1) is 5.92 Å². The minimum atomic E-state index is -1.12. The van der Waals surface area contributed by atoms with E-state index >= 15 is 0 Å². The van der Waals surface area contributed by atoms with Gasteiger partial charge in [0.05, 0.1) is 11.1 Å². The molecule has 1 rings (SSSR count). The van der Waals surface area contributed by atoms with E-state index in [0.29, 0.717) is 5.69 Å². The van der Waals surface area contributed by atoms with Crippen molar-refractivity contribution in [3.63, 3.8) is 0 Å². The monoisotopic (exact) mass is 405 g/mol. The third-order valence-corrected chi connectivity index (χ3v) is 5.21. The largest absolute Gasteiger partial charge is 0.478 e. The second-order valence-electron chi connectivity index (χ2n) is 8.41. The number of nitrogens with one attached hydrogen (secondary N) is 1. The second-order valence-corrected chi connectivity index (χ2v) is 8.41. The van der Waals surface area contributed by atoms with E-state index in [1.807, 2.05) is 0 Å². The lowest BCUT2D eigenvalue weighted by Gasteiger charge is -2.09.